The van der Waals surface area contributed by atoms with Gasteiger partial charge in [-0.15, -0.1) is 0 Å². The van der Waals surface area contributed by atoms with Crippen LogP contribution in [0, 0.1) is 0 Å². The van der Waals surface area contributed by atoms with Gasteiger partial charge in [-0.1, -0.05) is 6.58 Å². The lowest BCUT2D eigenvalue weighted by atomic mass is 10.2. The molecule has 0 rings (SSSR count). The molecule has 0 bridgehead atoms. The summed E-state index contributed by atoms with van der Waals surface area (Å²) in [5.74, 6) is 0. The largest absolute Gasteiger partial charge is 0.379 e. The molecule has 0 aliphatic rings. The molecule has 0 amide bonds. The fourth-order valence-electron chi connectivity index (χ4n) is 0.934. The number of ether oxygens (including phenoxy) is 1. The Morgan fingerprint density at radius 3 is 2.58 bits per heavy atom. The molecule has 1 unspecified atom stereocenters. The van der Waals surface area contributed by atoms with Gasteiger partial charge in [0.15, 0.2) is 0 Å². The molecule has 0 radical (unpaired) electrons. The average molecular weight is 171 g/mol. The molecule has 0 heterocycles. The van der Waals surface area contributed by atoms with Gasteiger partial charge in [0, 0.05) is 25.9 Å². The minimum Gasteiger partial charge on any atom is -0.379 e. The van der Waals surface area contributed by atoms with E-state index < -0.39 is 0 Å². The highest BCUT2D eigenvalue weighted by atomic mass is 16.5. The smallest absolute Gasteiger partial charge is 0.0563 e. The summed E-state index contributed by atoms with van der Waals surface area (Å²) < 4.78 is 5.42. The standard InChI is InChI=1S/C10H21NO/c1-6-12-10(4)7-8-11(5)9(2)3/h10H,2,6-8H2,1,3-5H3. The molecule has 0 fully saturated rings. The van der Waals surface area contributed by atoms with Crippen LogP contribution in [0.5, 0.6) is 0 Å². The van der Waals surface area contributed by atoms with E-state index in [1.54, 1.807) is 0 Å². The van der Waals surface area contributed by atoms with Crippen molar-refractivity contribution in [3.63, 3.8) is 0 Å². The summed E-state index contributed by atoms with van der Waals surface area (Å²) in [6.45, 7) is 11.8. The second-order valence-electron chi connectivity index (χ2n) is 3.21. The van der Waals surface area contributed by atoms with E-state index in [-0.39, 0.29) is 0 Å². The minimum atomic E-state index is 0.358. The first kappa shape index (κ1) is 11.5. The van der Waals surface area contributed by atoms with Crippen molar-refractivity contribution >= 4 is 0 Å². The number of nitrogens with zero attached hydrogens (tertiary/aromatic N) is 1. The zero-order valence-electron chi connectivity index (χ0n) is 8.76. The molecule has 0 N–H and O–H groups in total. The van der Waals surface area contributed by atoms with E-state index in [1.807, 2.05) is 13.8 Å². The molecule has 0 saturated heterocycles. The molecule has 72 valence electrons. The lowest BCUT2D eigenvalue weighted by Gasteiger charge is -2.20. The highest BCUT2D eigenvalue weighted by molar-refractivity contribution is 4.85. The fourth-order valence-corrected chi connectivity index (χ4v) is 0.934. The third-order valence-corrected chi connectivity index (χ3v) is 1.97. The highest BCUT2D eigenvalue weighted by Crippen LogP contribution is 2.02. The summed E-state index contributed by atoms with van der Waals surface area (Å²) in [7, 11) is 2.06. The molecule has 0 aromatic heterocycles. The van der Waals surface area contributed by atoms with Gasteiger partial charge in [-0.25, -0.2) is 0 Å². The van der Waals surface area contributed by atoms with Gasteiger partial charge < -0.3 is 9.64 Å². The van der Waals surface area contributed by atoms with Gasteiger partial charge in [-0.05, 0) is 27.2 Å². The Hall–Kier alpha value is -0.500. The van der Waals surface area contributed by atoms with Crippen molar-refractivity contribution in [3.8, 4) is 0 Å². The van der Waals surface area contributed by atoms with Gasteiger partial charge in [0.25, 0.3) is 0 Å². The molecule has 12 heavy (non-hydrogen) atoms. The molecule has 0 saturated carbocycles. The number of hydrogen-bond donors (Lipinski definition) is 0. The lowest BCUT2D eigenvalue weighted by molar-refractivity contribution is 0.0656. The van der Waals surface area contributed by atoms with Crippen LogP contribution in [-0.2, 0) is 4.74 Å². The molecular formula is C10H21NO. The average Bonchev–Trinajstić information content (AvgIpc) is 2.00. The summed E-state index contributed by atoms with van der Waals surface area (Å²) in [5.41, 5.74) is 1.11. The van der Waals surface area contributed by atoms with E-state index in [4.69, 9.17) is 4.74 Å². The predicted octanol–water partition coefficient (Wildman–Crippen LogP) is 2.27. The van der Waals surface area contributed by atoms with Crippen LogP contribution in [0.25, 0.3) is 0 Å². The van der Waals surface area contributed by atoms with E-state index in [0.717, 1.165) is 25.3 Å². The Kier molecular flexibility index (Phi) is 5.81. The van der Waals surface area contributed by atoms with Crippen LogP contribution in [0.4, 0.5) is 0 Å². The molecule has 0 aliphatic heterocycles. The van der Waals surface area contributed by atoms with Gasteiger partial charge >= 0.3 is 0 Å². The first-order valence-electron chi connectivity index (χ1n) is 4.56. The van der Waals surface area contributed by atoms with Gasteiger partial charge in [0.2, 0.25) is 0 Å². The topological polar surface area (TPSA) is 12.5 Å². The van der Waals surface area contributed by atoms with Crippen molar-refractivity contribution in [3.05, 3.63) is 12.3 Å². The van der Waals surface area contributed by atoms with E-state index in [1.165, 1.54) is 0 Å². The monoisotopic (exact) mass is 171 g/mol. The fraction of sp³-hybridized carbons (Fsp3) is 0.800. The Morgan fingerprint density at radius 1 is 1.58 bits per heavy atom. The normalized spacial score (nSPS) is 12.7. The third kappa shape index (κ3) is 5.19. The van der Waals surface area contributed by atoms with Gasteiger partial charge in [-0.2, -0.15) is 0 Å². The third-order valence-electron chi connectivity index (χ3n) is 1.97. The Labute approximate surface area is 76.2 Å². The van der Waals surface area contributed by atoms with Crippen molar-refractivity contribution < 1.29 is 4.74 Å². The number of hydrogen-bond acceptors (Lipinski definition) is 2. The van der Waals surface area contributed by atoms with E-state index in [9.17, 15) is 0 Å². The maximum Gasteiger partial charge on any atom is 0.0563 e. The van der Waals surface area contributed by atoms with Crippen molar-refractivity contribution in [1.29, 1.82) is 0 Å². The Morgan fingerprint density at radius 2 is 2.17 bits per heavy atom. The van der Waals surface area contributed by atoms with E-state index in [2.05, 4.69) is 25.5 Å². The Bertz CT molecular complexity index is 134. The summed E-state index contributed by atoms with van der Waals surface area (Å²) in [5, 5.41) is 0. The van der Waals surface area contributed by atoms with Crippen LogP contribution < -0.4 is 0 Å². The van der Waals surface area contributed by atoms with Crippen molar-refractivity contribution in [2.24, 2.45) is 0 Å². The molecule has 2 nitrogen and oxygen atoms in total. The maximum absolute atomic E-state index is 5.42. The molecular weight excluding hydrogens is 150 g/mol. The SMILES string of the molecule is C=C(C)N(C)CCC(C)OCC. The minimum absolute atomic E-state index is 0.358. The highest BCUT2D eigenvalue weighted by Gasteiger charge is 2.02. The predicted molar refractivity (Wildman–Crippen MR) is 53.1 cm³/mol. The van der Waals surface area contributed by atoms with Crippen LogP contribution in [0.15, 0.2) is 12.3 Å². The molecule has 0 aromatic rings. The second-order valence-corrected chi connectivity index (χ2v) is 3.21. The van der Waals surface area contributed by atoms with Crippen LogP contribution in [0.2, 0.25) is 0 Å². The van der Waals surface area contributed by atoms with Crippen LogP contribution in [0.1, 0.15) is 27.2 Å². The van der Waals surface area contributed by atoms with Gasteiger partial charge in [0.1, 0.15) is 0 Å². The number of allylic oxidation sites excluding steroid dienone is 1. The second kappa shape index (κ2) is 6.06. The molecule has 0 aliphatic carbocycles. The first-order chi connectivity index (χ1) is 5.57. The van der Waals surface area contributed by atoms with Crippen LogP contribution in [0.3, 0.4) is 0 Å². The summed E-state index contributed by atoms with van der Waals surface area (Å²) in [4.78, 5) is 2.15. The molecule has 2 heteroatoms. The van der Waals surface area contributed by atoms with E-state index >= 15 is 0 Å². The van der Waals surface area contributed by atoms with E-state index in [0.29, 0.717) is 6.10 Å². The summed E-state index contributed by atoms with van der Waals surface area (Å²) in [6, 6.07) is 0. The van der Waals surface area contributed by atoms with Crippen molar-refractivity contribution in [2.75, 3.05) is 20.2 Å². The summed E-state index contributed by atoms with van der Waals surface area (Å²) >= 11 is 0. The molecule has 0 spiro atoms. The number of rotatable bonds is 6. The first-order valence-corrected chi connectivity index (χ1v) is 4.56. The quantitative estimate of drug-likeness (QED) is 0.608. The van der Waals surface area contributed by atoms with Crippen LogP contribution in [-0.4, -0.2) is 31.2 Å². The van der Waals surface area contributed by atoms with Crippen LogP contribution >= 0.6 is 0 Å². The van der Waals surface area contributed by atoms with Crippen molar-refractivity contribution in [2.45, 2.75) is 33.3 Å². The lowest BCUT2D eigenvalue weighted by Crippen LogP contribution is -2.21. The van der Waals surface area contributed by atoms with Gasteiger partial charge in [0.05, 0.1) is 6.10 Å². The zero-order chi connectivity index (χ0) is 9.56. The Balaban J connectivity index is 3.46. The zero-order valence-corrected chi connectivity index (χ0v) is 8.76. The molecule has 1 atom stereocenters. The van der Waals surface area contributed by atoms with Gasteiger partial charge in [-0.3, -0.25) is 0 Å². The van der Waals surface area contributed by atoms with Crippen molar-refractivity contribution in [1.82, 2.24) is 4.90 Å². The maximum atomic E-state index is 5.42. The summed E-state index contributed by atoms with van der Waals surface area (Å²) in [6.07, 6.45) is 1.42. The molecule has 0 aromatic carbocycles.